The molecule has 0 bridgehead atoms. The Balaban J connectivity index is 2.43. The highest BCUT2D eigenvalue weighted by molar-refractivity contribution is 5.76. The van der Waals surface area contributed by atoms with E-state index in [9.17, 15) is 4.79 Å². The van der Waals surface area contributed by atoms with Crippen LogP contribution in [0.2, 0.25) is 0 Å². The highest BCUT2D eigenvalue weighted by Crippen LogP contribution is 2.08. The molecule has 0 aromatic heterocycles. The summed E-state index contributed by atoms with van der Waals surface area (Å²) >= 11 is 0. The maximum atomic E-state index is 11.6. The zero-order chi connectivity index (χ0) is 12.7. The van der Waals surface area contributed by atoms with E-state index in [1.807, 2.05) is 18.2 Å². The molecule has 0 saturated heterocycles. The summed E-state index contributed by atoms with van der Waals surface area (Å²) < 4.78 is 0. The summed E-state index contributed by atoms with van der Waals surface area (Å²) in [4.78, 5) is 13.3. The van der Waals surface area contributed by atoms with Gasteiger partial charge in [-0.05, 0) is 24.5 Å². The topological polar surface area (TPSA) is 44.1 Å². The van der Waals surface area contributed by atoms with E-state index in [0.717, 1.165) is 6.42 Å². The number of hydrogen-bond acceptors (Lipinski definition) is 2. The van der Waals surface area contributed by atoms with Gasteiger partial charge in [0.15, 0.2) is 0 Å². The Morgan fingerprint density at radius 1 is 1.41 bits per heavy atom. The number of nitrogens with zero attached hydrogens (tertiary/aromatic N) is 2. The molecular weight excluding hydrogens is 212 g/mol. The second-order valence-electron chi connectivity index (χ2n) is 4.15. The van der Waals surface area contributed by atoms with E-state index in [1.54, 1.807) is 11.9 Å². The lowest BCUT2D eigenvalue weighted by molar-refractivity contribution is -0.129. The standard InChI is InChI=1S/C14H18N2O/c1-12-6-3-4-7-13(12)9-11-16(2)14(17)8-5-10-15/h3-4,6-7H,5,8-9,11H2,1-2H3. The van der Waals surface area contributed by atoms with Crippen molar-refractivity contribution in [2.45, 2.75) is 26.2 Å². The minimum atomic E-state index is 0.0418. The lowest BCUT2D eigenvalue weighted by atomic mass is 10.1. The van der Waals surface area contributed by atoms with Crippen LogP contribution in [0.4, 0.5) is 0 Å². The lowest BCUT2D eigenvalue weighted by Crippen LogP contribution is -2.28. The highest BCUT2D eigenvalue weighted by atomic mass is 16.2. The molecule has 3 heteroatoms. The zero-order valence-corrected chi connectivity index (χ0v) is 10.4. The fourth-order valence-electron chi connectivity index (χ4n) is 1.66. The maximum Gasteiger partial charge on any atom is 0.223 e. The molecule has 0 heterocycles. The van der Waals surface area contributed by atoms with E-state index < -0.39 is 0 Å². The van der Waals surface area contributed by atoms with Crippen molar-refractivity contribution >= 4 is 5.91 Å². The smallest absolute Gasteiger partial charge is 0.223 e. The van der Waals surface area contributed by atoms with E-state index in [1.165, 1.54) is 11.1 Å². The number of hydrogen-bond donors (Lipinski definition) is 0. The molecule has 0 fully saturated rings. The van der Waals surface area contributed by atoms with Gasteiger partial charge in [-0.3, -0.25) is 4.79 Å². The molecule has 0 N–H and O–H groups in total. The fraction of sp³-hybridized carbons (Fsp3) is 0.429. The molecule has 1 rings (SSSR count). The van der Waals surface area contributed by atoms with Crippen molar-refractivity contribution in [1.82, 2.24) is 4.90 Å². The molecule has 1 aromatic rings. The van der Waals surface area contributed by atoms with E-state index >= 15 is 0 Å². The summed E-state index contributed by atoms with van der Waals surface area (Å²) in [5.74, 6) is 0.0418. The van der Waals surface area contributed by atoms with Gasteiger partial charge in [0, 0.05) is 26.4 Å². The molecule has 90 valence electrons. The normalized spacial score (nSPS) is 9.71. The fourth-order valence-corrected chi connectivity index (χ4v) is 1.66. The first-order valence-corrected chi connectivity index (χ1v) is 5.80. The lowest BCUT2D eigenvalue weighted by Gasteiger charge is -2.17. The number of amides is 1. The van der Waals surface area contributed by atoms with Crippen LogP contribution >= 0.6 is 0 Å². The summed E-state index contributed by atoms with van der Waals surface area (Å²) in [6, 6.07) is 10.2. The van der Waals surface area contributed by atoms with Gasteiger partial charge in [0.25, 0.3) is 0 Å². The minimum Gasteiger partial charge on any atom is -0.345 e. The van der Waals surface area contributed by atoms with Crippen molar-refractivity contribution in [2.75, 3.05) is 13.6 Å². The van der Waals surface area contributed by atoms with Crippen molar-refractivity contribution < 1.29 is 4.79 Å². The highest BCUT2D eigenvalue weighted by Gasteiger charge is 2.08. The SMILES string of the molecule is Cc1ccccc1CCN(C)C(=O)CCC#N. The van der Waals surface area contributed by atoms with E-state index in [0.29, 0.717) is 19.4 Å². The first-order valence-electron chi connectivity index (χ1n) is 5.80. The molecule has 3 nitrogen and oxygen atoms in total. The average Bonchev–Trinajstić information content (AvgIpc) is 2.34. The second kappa shape index (κ2) is 6.70. The van der Waals surface area contributed by atoms with Crippen molar-refractivity contribution in [2.24, 2.45) is 0 Å². The van der Waals surface area contributed by atoms with Gasteiger partial charge >= 0.3 is 0 Å². The molecule has 1 amide bonds. The Hall–Kier alpha value is -1.82. The number of aryl methyl sites for hydroxylation is 1. The third-order valence-corrected chi connectivity index (χ3v) is 2.85. The van der Waals surface area contributed by atoms with Gasteiger partial charge in [-0.25, -0.2) is 0 Å². The van der Waals surface area contributed by atoms with Gasteiger partial charge in [-0.1, -0.05) is 24.3 Å². The molecular formula is C14H18N2O. The van der Waals surface area contributed by atoms with Crippen molar-refractivity contribution in [3.8, 4) is 6.07 Å². The summed E-state index contributed by atoms with van der Waals surface area (Å²) in [7, 11) is 1.79. The first kappa shape index (κ1) is 13.2. The molecule has 0 aliphatic heterocycles. The quantitative estimate of drug-likeness (QED) is 0.779. The first-order chi connectivity index (χ1) is 8.15. The van der Waals surface area contributed by atoms with Crippen LogP contribution in [0.5, 0.6) is 0 Å². The second-order valence-corrected chi connectivity index (χ2v) is 4.15. The summed E-state index contributed by atoms with van der Waals surface area (Å²) in [6.07, 6.45) is 1.48. The van der Waals surface area contributed by atoms with Gasteiger partial charge in [0.05, 0.1) is 6.07 Å². The van der Waals surface area contributed by atoms with Crippen LogP contribution < -0.4 is 0 Å². The van der Waals surface area contributed by atoms with Crippen LogP contribution in [0.15, 0.2) is 24.3 Å². The van der Waals surface area contributed by atoms with Crippen LogP contribution in [0.25, 0.3) is 0 Å². The van der Waals surface area contributed by atoms with Crippen molar-refractivity contribution in [3.05, 3.63) is 35.4 Å². The number of carbonyl (C=O) groups excluding carboxylic acids is 1. The maximum absolute atomic E-state index is 11.6. The van der Waals surface area contributed by atoms with E-state index in [-0.39, 0.29) is 5.91 Å². The Labute approximate surface area is 103 Å². The molecule has 0 radical (unpaired) electrons. The van der Waals surface area contributed by atoms with E-state index in [2.05, 4.69) is 19.1 Å². The Kier molecular flexibility index (Phi) is 5.22. The van der Waals surface area contributed by atoms with Gasteiger partial charge in [0.1, 0.15) is 0 Å². The number of nitriles is 1. The predicted octanol–water partition coefficient (Wildman–Crippen LogP) is 2.30. The van der Waals surface area contributed by atoms with Crippen LogP contribution in [0.3, 0.4) is 0 Å². The number of rotatable bonds is 5. The van der Waals surface area contributed by atoms with Crippen LogP contribution in [0, 0.1) is 18.3 Å². The molecule has 1 aromatic carbocycles. The van der Waals surface area contributed by atoms with E-state index in [4.69, 9.17) is 5.26 Å². The molecule has 0 saturated carbocycles. The number of likely N-dealkylation sites (N-methyl/N-ethyl adjacent to an activating group) is 1. The largest absolute Gasteiger partial charge is 0.345 e. The number of benzene rings is 1. The Morgan fingerprint density at radius 3 is 2.76 bits per heavy atom. The summed E-state index contributed by atoms with van der Waals surface area (Å²) in [5, 5.41) is 8.42. The van der Waals surface area contributed by atoms with Gasteiger partial charge in [0.2, 0.25) is 5.91 Å². The van der Waals surface area contributed by atoms with Crippen LogP contribution in [0.1, 0.15) is 24.0 Å². The average molecular weight is 230 g/mol. The van der Waals surface area contributed by atoms with Crippen LogP contribution in [-0.2, 0) is 11.2 Å². The summed E-state index contributed by atoms with van der Waals surface area (Å²) in [6.45, 7) is 2.78. The predicted molar refractivity (Wildman–Crippen MR) is 67.4 cm³/mol. The third-order valence-electron chi connectivity index (χ3n) is 2.85. The van der Waals surface area contributed by atoms with Gasteiger partial charge in [-0.2, -0.15) is 5.26 Å². The Morgan fingerprint density at radius 2 is 2.12 bits per heavy atom. The molecule has 0 spiro atoms. The minimum absolute atomic E-state index is 0.0418. The van der Waals surface area contributed by atoms with Crippen molar-refractivity contribution in [3.63, 3.8) is 0 Å². The molecule has 17 heavy (non-hydrogen) atoms. The zero-order valence-electron chi connectivity index (χ0n) is 10.4. The molecule has 0 aliphatic carbocycles. The molecule has 0 aliphatic rings. The number of carbonyl (C=O) groups is 1. The van der Waals surface area contributed by atoms with Gasteiger partial charge in [-0.15, -0.1) is 0 Å². The molecule has 0 atom stereocenters. The monoisotopic (exact) mass is 230 g/mol. The van der Waals surface area contributed by atoms with Gasteiger partial charge < -0.3 is 4.90 Å². The Bertz CT molecular complexity index is 420. The van der Waals surface area contributed by atoms with Crippen LogP contribution in [-0.4, -0.2) is 24.4 Å². The summed E-state index contributed by atoms with van der Waals surface area (Å²) in [5.41, 5.74) is 2.53. The molecule has 0 unspecified atom stereocenters. The van der Waals surface area contributed by atoms with Crippen molar-refractivity contribution in [1.29, 1.82) is 5.26 Å². The third kappa shape index (κ3) is 4.28.